The molecule has 0 aliphatic carbocycles. The van der Waals surface area contributed by atoms with Crippen LogP contribution in [0.4, 0.5) is 5.69 Å². The molecule has 1 aliphatic rings. The Labute approximate surface area is 111 Å². The molecule has 18 heavy (non-hydrogen) atoms. The second-order valence-electron chi connectivity index (χ2n) is 4.24. The molecule has 6 nitrogen and oxygen atoms in total. The highest BCUT2D eigenvalue weighted by Crippen LogP contribution is 2.27. The van der Waals surface area contributed by atoms with E-state index in [4.69, 9.17) is 17.3 Å². The van der Waals surface area contributed by atoms with Gasteiger partial charge in [0.25, 0.3) is 0 Å². The van der Waals surface area contributed by atoms with Gasteiger partial charge in [0.2, 0.25) is 10.0 Å². The lowest BCUT2D eigenvalue weighted by Gasteiger charge is -2.31. The van der Waals surface area contributed by atoms with Gasteiger partial charge in [0.1, 0.15) is 4.90 Å². The smallest absolute Gasteiger partial charge is 0.246 e. The molecule has 2 heterocycles. The van der Waals surface area contributed by atoms with Crippen LogP contribution in [0.3, 0.4) is 0 Å². The second-order valence-corrected chi connectivity index (χ2v) is 6.55. The van der Waals surface area contributed by atoms with Crippen LogP contribution in [0.15, 0.2) is 17.3 Å². The number of hydrogen-bond acceptors (Lipinski definition) is 5. The van der Waals surface area contributed by atoms with E-state index in [9.17, 15) is 8.42 Å². The van der Waals surface area contributed by atoms with Crippen LogP contribution in [0.5, 0.6) is 0 Å². The summed E-state index contributed by atoms with van der Waals surface area (Å²) in [6, 6.07) is 0. The normalized spacial score (nSPS) is 19.0. The Morgan fingerprint density at radius 1 is 1.28 bits per heavy atom. The first-order valence-electron chi connectivity index (χ1n) is 5.50. The molecule has 0 saturated carbocycles. The molecule has 1 saturated heterocycles. The van der Waals surface area contributed by atoms with Gasteiger partial charge < -0.3 is 10.6 Å². The summed E-state index contributed by atoms with van der Waals surface area (Å²) in [6.45, 7) is 2.30. The van der Waals surface area contributed by atoms with Gasteiger partial charge in [-0.05, 0) is 7.05 Å². The topological polar surface area (TPSA) is 79.5 Å². The maximum Gasteiger partial charge on any atom is 0.246 e. The number of nitrogens with two attached hydrogens (primary N) is 1. The summed E-state index contributed by atoms with van der Waals surface area (Å²) in [6.07, 6.45) is 2.58. The summed E-state index contributed by atoms with van der Waals surface area (Å²) in [7, 11) is -1.65. The summed E-state index contributed by atoms with van der Waals surface area (Å²) < 4.78 is 26.2. The van der Waals surface area contributed by atoms with Crippen molar-refractivity contribution in [2.24, 2.45) is 0 Å². The summed E-state index contributed by atoms with van der Waals surface area (Å²) in [5.41, 5.74) is 5.78. The number of nitrogens with zero attached hydrogens (tertiary/aromatic N) is 3. The van der Waals surface area contributed by atoms with Crippen molar-refractivity contribution in [3.05, 3.63) is 17.4 Å². The quantitative estimate of drug-likeness (QED) is 0.845. The van der Waals surface area contributed by atoms with E-state index in [1.807, 2.05) is 7.05 Å². The maximum absolute atomic E-state index is 12.4. The van der Waals surface area contributed by atoms with Crippen molar-refractivity contribution in [1.82, 2.24) is 14.2 Å². The fourth-order valence-corrected chi connectivity index (χ4v) is 3.52. The van der Waals surface area contributed by atoms with Crippen molar-refractivity contribution in [1.29, 1.82) is 0 Å². The van der Waals surface area contributed by atoms with Gasteiger partial charge in [-0.2, -0.15) is 4.31 Å². The Kier molecular flexibility index (Phi) is 3.76. The molecule has 8 heteroatoms. The number of anilines is 1. The Hall–Kier alpha value is -0.890. The summed E-state index contributed by atoms with van der Waals surface area (Å²) >= 11 is 5.80. The molecule has 0 unspecified atom stereocenters. The molecule has 2 rings (SSSR count). The second kappa shape index (κ2) is 5.00. The maximum atomic E-state index is 12.4. The van der Waals surface area contributed by atoms with Gasteiger partial charge in [0.15, 0.2) is 0 Å². The largest absolute Gasteiger partial charge is 0.396 e. The minimum absolute atomic E-state index is 0.0143. The van der Waals surface area contributed by atoms with Crippen LogP contribution in [0.1, 0.15) is 0 Å². The number of sulfonamides is 1. The first-order valence-corrected chi connectivity index (χ1v) is 7.32. The third-order valence-electron chi connectivity index (χ3n) is 2.98. The first kappa shape index (κ1) is 13.5. The summed E-state index contributed by atoms with van der Waals surface area (Å²) in [4.78, 5) is 5.85. The molecule has 0 atom stereocenters. The molecule has 0 radical (unpaired) electrons. The average molecular weight is 291 g/mol. The van der Waals surface area contributed by atoms with Crippen LogP contribution in [0, 0.1) is 0 Å². The summed E-state index contributed by atoms with van der Waals surface area (Å²) in [5.74, 6) is 0. The first-order chi connectivity index (χ1) is 8.43. The molecular formula is C10H15ClN4O2S. The number of rotatable bonds is 2. The van der Waals surface area contributed by atoms with E-state index < -0.39 is 10.0 Å². The highest BCUT2D eigenvalue weighted by atomic mass is 35.5. The van der Waals surface area contributed by atoms with Crippen molar-refractivity contribution in [3.63, 3.8) is 0 Å². The van der Waals surface area contributed by atoms with E-state index in [0.717, 1.165) is 0 Å². The Morgan fingerprint density at radius 3 is 2.50 bits per heavy atom. The zero-order chi connectivity index (χ0) is 13.3. The number of likely N-dealkylation sites (N-methyl/N-ethyl adjacent to an activating group) is 1. The molecule has 1 aromatic heterocycles. The molecular weight excluding hydrogens is 276 g/mol. The lowest BCUT2D eigenvalue weighted by atomic mass is 10.4. The number of hydrogen-bond donors (Lipinski definition) is 1. The molecule has 1 aromatic rings. The molecule has 0 spiro atoms. The van der Waals surface area contributed by atoms with Crippen LogP contribution < -0.4 is 5.73 Å². The van der Waals surface area contributed by atoms with Crippen molar-refractivity contribution in [3.8, 4) is 0 Å². The predicted molar refractivity (Wildman–Crippen MR) is 69.9 cm³/mol. The number of halogens is 1. The fraction of sp³-hybridized carbons (Fsp3) is 0.500. The van der Waals surface area contributed by atoms with Gasteiger partial charge in [-0.25, -0.2) is 8.42 Å². The van der Waals surface area contributed by atoms with E-state index in [1.54, 1.807) is 0 Å². The lowest BCUT2D eigenvalue weighted by molar-refractivity contribution is 0.222. The number of piperazine rings is 1. The highest BCUT2D eigenvalue weighted by molar-refractivity contribution is 7.89. The third-order valence-corrected chi connectivity index (χ3v) is 5.21. The SMILES string of the molecule is CN1CCN(S(=O)(=O)c2cncc(Cl)c2N)CC1. The molecule has 0 bridgehead atoms. The highest BCUT2D eigenvalue weighted by Gasteiger charge is 2.29. The van der Waals surface area contributed by atoms with Crippen LogP contribution >= 0.6 is 11.6 Å². The van der Waals surface area contributed by atoms with E-state index >= 15 is 0 Å². The minimum atomic E-state index is -3.60. The summed E-state index contributed by atoms with van der Waals surface area (Å²) in [5, 5.41) is 0.158. The molecule has 1 aliphatic heterocycles. The van der Waals surface area contributed by atoms with Crippen LogP contribution in [0.2, 0.25) is 5.02 Å². The van der Waals surface area contributed by atoms with Gasteiger partial charge in [-0.1, -0.05) is 11.6 Å². The van der Waals surface area contributed by atoms with Crippen molar-refractivity contribution >= 4 is 27.3 Å². The Balaban J connectivity index is 2.34. The third kappa shape index (κ3) is 2.44. The number of pyridine rings is 1. The standard InChI is InChI=1S/C10H15ClN4O2S/c1-14-2-4-15(5-3-14)18(16,17)9-7-13-6-8(11)10(9)12/h6-7H,2-5H2,1H3,(H2,12,13). The molecule has 0 aromatic carbocycles. The van der Waals surface area contributed by atoms with Crippen LogP contribution in [-0.2, 0) is 10.0 Å². The fourth-order valence-electron chi connectivity index (χ4n) is 1.80. The zero-order valence-corrected chi connectivity index (χ0v) is 11.6. The molecule has 1 fully saturated rings. The zero-order valence-electron chi connectivity index (χ0n) is 10.0. The van der Waals surface area contributed by atoms with Crippen molar-refractivity contribution in [2.45, 2.75) is 4.90 Å². The number of nitrogen functional groups attached to an aromatic ring is 1. The average Bonchev–Trinajstić information content (AvgIpc) is 2.33. The van der Waals surface area contributed by atoms with E-state index in [0.29, 0.717) is 26.2 Å². The van der Waals surface area contributed by atoms with E-state index in [2.05, 4.69) is 9.88 Å². The minimum Gasteiger partial charge on any atom is -0.396 e. The molecule has 100 valence electrons. The van der Waals surface area contributed by atoms with Gasteiger partial charge >= 0.3 is 0 Å². The molecule has 0 amide bonds. The Bertz CT molecular complexity index is 541. The van der Waals surface area contributed by atoms with Crippen molar-refractivity contribution < 1.29 is 8.42 Å². The van der Waals surface area contributed by atoms with Crippen LogP contribution in [-0.4, -0.2) is 55.8 Å². The van der Waals surface area contributed by atoms with Gasteiger partial charge in [-0.15, -0.1) is 0 Å². The van der Waals surface area contributed by atoms with Gasteiger partial charge in [0, 0.05) is 38.6 Å². The monoisotopic (exact) mass is 290 g/mol. The van der Waals surface area contributed by atoms with Gasteiger partial charge in [0.05, 0.1) is 10.7 Å². The van der Waals surface area contributed by atoms with Crippen LogP contribution in [0.25, 0.3) is 0 Å². The number of aromatic nitrogens is 1. The van der Waals surface area contributed by atoms with E-state index in [1.165, 1.54) is 16.7 Å². The van der Waals surface area contributed by atoms with E-state index in [-0.39, 0.29) is 15.6 Å². The Morgan fingerprint density at radius 2 is 1.89 bits per heavy atom. The van der Waals surface area contributed by atoms with Crippen molar-refractivity contribution in [2.75, 3.05) is 39.0 Å². The van der Waals surface area contributed by atoms with Gasteiger partial charge in [-0.3, -0.25) is 4.98 Å². The lowest BCUT2D eigenvalue weighted by Crippen LogP contribution is -2.47. The molecule has 2 N–H and O–H groups in total. The predicted octanol–water partition coefficient (Wildman–Crippen LogP) is 0.253.